The molecule has 13 heteroatoms. The van der Waals surface area contributed by atoms with Crippen LogP contribution in [0, 0.1) is 0 Å². The predicted molar refractivity (Wildman–Crippen MR) is 163 cm³/mol. The van der Waals surface area contributed by atoms with Crippen molar-refractivity contribution >= 4 is 61.4 Å². The fourth-order valence-corrected chi connectivity index (χ4v) is 5.20. The summed E-state index contributed by atoms with van der Waals surface area (Å²) >= 11 is 0. The summed E-state index contributed by atoms with van der Waals surface area (Å²) in [5.41, 5.74) is 1.48. The molecule has 0 radical (unpaired) electrons. The normalized spacial score (nSPS) is 12.3. The minimum atomic E-state index is -4.76. The molecule has 0 aromatic heterocycles. The van der Waals surface area contributed by atoms with Crippen molar-refractivity contribution in [2.45, 2.75) is 9.79 Å². The van der Waals surface area contributed by atoms with Gasteiger partial charge in [-0.1, -0.05) is 54.6 Å². The van der Waals surface area contributed by atoms with Crippen molar-refractivity contribution in [2.75, 3.05) is 12.4 Å². The lowest BCUT2D eigenvalue weighted by Gasteiger charge is -2.08. The number of rotatable bonds is 10. The number of hydrogen-bond donors (Lipinski definition) is 3. The van der Waals surface area contributed by atoms with Crippen LogP contribution in [0.1, 0.15) is 16.7 Å². The molecule has 0 atom stereocenters. The van der Waals surface area contributed by atoms with E-state index >= 15 is 0 Å². The second kappa shape index (κ2) is 13.4. The molecule has 0 aliphatic heterocycles. The van der Waals surface area contributed by atoms with Gasteiger partial charge in [0, 0.05) is 11.8 Å². The van der Waals surface area contributed by atoms with Crippen LogP contribution in [0.15, 0.2) is 117 Å². The molecule has 0 fully saturated rings. The van der Waals surface area contributed by atoms with Gasteiger partial charge in [-0.05, 0) is 71.3 Å². The molecule has 0 aliphatic rings. The second-order valence-electron chi connectivity index (χ2n) is 8.89. The lowest BCUT2D eigenvalue weighted by molar-refractivity contribution is -0.111. The first kappa shape index (κ1) is 31.0. The maximum Gasteiger partial charge on any atom is 0.295 e. The zero-order valence-corrected chi connectivity index (χ0v) is 24.2. The van der Waals surface area contributed by atoms with Crippen LogP contribution >= 0.6 is 0 Å². The summed E-state index contributed by atoms with van der Waals surface area (Å²) in [6, 6.07) is 23.4. The van der Waals surface area contributed by atoms with Gasteiger partial charge in [0.2, 0.25) is 5.91 Å². The summed E-state index contributed by atoms with van der Waals surface area (Å²) in [5.74, 6) is 0.0896. The summed E-state index contributed by atoms with van der Waals surface area (Å²) in [5, 5.41) is 10.6. The Hall–Kier alpha value is -4.95. The lowest BCUT2D eigenvalue weighted by Crippen LogP contribution is -2.09. The maximum absolute atomic E-state index is 12.3. The van der Waals surface area contributed by atoms with Gasteiger partial charge >= 0.3 is 0 Å². The van der Waals surface area contributed by atoms with E-state index < -0.39 is 35.9 Å². The van der Waals surface area contributed by atoms with Crippen LogP contribution in [0.4, 0.5) is 17.1 Å². The first-order valence-corrected chi connectivity index (χ1v) is 15.3. The summed E-state index contributed by atoms with van der Waals surface area (Å²) < 4.78 is 73.3. The molecule has 43 heavy (non-hydrogen) atoms. The maximum atomic E-state index is 12.3. The summed E-state index contributed by atoms with van der Waals surface area (Å²) in [6.45, 7) is 0. The van der Waals surface area contributed by atoms with Crippen LogP contribution in [0.5, 0.6) is 5.75 Å². The smallest absolute Gasteiger partial charge is 0.295 e. The second-order valence-corrected chi connectivity index (χ2v) is 11.7. The summed E-state index contributed by atoms with van der Waals surface area (Å²) in [4.78, 5) is 11.3. The molecule has 0 spiro atoms. The van der Waals surface area contributed by atoms with Gasteiger partial charge in [-0.25, -0.2) is 0 Å². The largest absolute Gasteiger partial charge is 0.497 e. The number of hydrogen-bond acceptors (Lipinski definition) is 8. The molecule has 0 saturated heterocycles. The molecule has 0 saturated carbocycles. The van der Waals surface area contributed by atoms with Crippen molar-refractivity contribution in [1.82, 2.24) is 0 Å². The van der Waals surface area contributed by atoms with E-state index in [0.717, 1.165) is 17.7 Å². The van der Waals surface area contributed by atoms with Crippen molar-refractivity contribution < 1.29 is 35.5 Å². The van der Waals surface area contributed by atoms with Crippen molar-refractivity contribution in [1.29, 1.82) is 0 Å². The number of nitrogens with one attached hydrogen (secondary N) is 1. The fourth-order valence-electron chi connectivity index (χ4n) is 3.78. The summed E-state index contributed by atoms with van der Waals surface area (Å²) in [6.07, 6.45) is 5.34. The standard InChI is InChI=1S/C30H25N3O8S2/c1-41-27-16-14-24(15-17-27)32-33-26-13-11-23(29(20-26)43(38,39)40)9-8-22-10-12-25(19-28(22)42(35,36)37)31-30(34)18-7-21-5-3-2-4-6-21/h2-20H,1H3,(H,31,34)(H,35,36,37)(H,38,39,40)/b9-8+,18-7+,33-32?. The molecule has 0 aliphatic carbocycles. The quantitative estimate of drug-likeness (QED) is 0.0789. The first-order chi connectivity index (χ1) is 20.4. The van der Waals surface area contributed by atoms with Crippen molar-refractivity contribution in [3.8, 4) is 5.75 Å². The minimum Gasteiger partial charge on any atom is -0.497 e. The highest BCUT2D eigenvalue weighted by molar-refractivity contribution is 7.86. The number of carbonyl (C=O) groups is 1. The molecule has 4 rings (SSSR count). The molecule has 0 heterocycles. The van der Waals surface area contributed by atoms with E-state index in [1.165, 1.54) is 49.6 Å². The highest BCUT2D eigenvalue weighted by atomic mass is 32.2. The first-order valence-electron chi connectivity index (χ1n) is 12.4. The van der Waals surface area contributed by atoms with E-state index in [4.69, 9.17) is 4.74 Å². The van der Waals surface area contributed by atoms with Crippen molar-refractivity contribution in [2.24, 2.45) is 10.2 Å². The number of azo groups is 1. The van der Waals surface area contributed by atoms with Gasteiger partial charge in [-0.3, -0.25) is 13.9 Å². The zero-order chi connectivity index (χ0) is 31.0. The number of methoxy groups -OCH3 is 1. The molecule has 4 aromatic rings. The van der Waals surface area contributed by atoms with Crippen LogP contribution in [-0.4, -0.2) is 39.0 Å². The highest BCUT2D eigenvalue weighted by Crippen LogP contribution is 2.28. The number of anilines is 1. The third kappa shape index (κ3) is 8.77. The SMILES string of the molecule is COc1ccc(N=Nc2ccc(/C=C/c3ccc(NC(=O)/C=C/c4ccccc4)cc3S(=O)(=O)O)c(S(=O)(=O)O)c2)cc1. The number of amides is 1. The Bertz CT molecular complexity index is 1940. The van der Waals surface area contributed by atoms with Crippen LogP contribution in [-0.2, 0) is 25.0 Å². The van der Waals surface area contributed by atoms with E-state index in [-0.39, 0.29) is 22.5 Å². The predicted octanol–water partition coefficient (Wildman–Crippen LogP) is 6.43. The Kier molecular flexibility index (Phi) is 9.63. The number of benzene rings is 4. The molecule has 220 valence electrons. The number of carbonyl (C=O) groups excluding carboxylic acids is 1. The summed E-state index contributed by atoms with van der Waals surface area (Å²) in [7, 11) is -7.96. The Morgan fingerprint density at radius 2 is 1.28 bits per heavy atom. The molecule has 11 nitrogen and oxygen atoms in total. The van der Waals surface area contributed by atoms with Gasteiger partial charge in [0.05, 0.1) is 18.5 Å². The zero-order valence-electron chi connectivity index (χ0n) is 22.5. The van der Waals surface area contributed by atoms with E-state index in [1.54, 1.807) is 42.5 Å². The van der Waals surface area contributed by atoms with Gasteiger partial charge in [0.25, 0.3) is 20.2 Å². The van der Waals surface area contributed by atoms with Crippen molar-refractivity contribution in [3.63, 3.8) is 0 Å². The van der Waals surface area contributed by atoms with Gasteiger partial charge in [0.1, 0.15) is 15.5 Å². The van der Waals surface area contributed by atoms with Gasteiger partial charge in [0.15, 0.2) is 0 Å². The van der Waals surface area contributed by atoms with Gasteiger partial charge in [-0.15, -0.1) is 0 Å². The lowest BCUT2D eigenvalue weighted by atomic mass is 10.1. The Morgan fingerprint density at radius 3 is 1.88 bits per heavy atom. The fraction of sp³-hybridized carbons (Fsp3) is 0.0333. The van der Waals surface area contributed by atoms with Crippen LogP contribution in [0.25, 0.3) is 18.2 Å². The Morgan fingerprint density at radius 1 is 0.721 bits per heavy atom. The van der Waals surface area contributed by atoms with E-state index in [2.05, 4.69) is 15.5 Å². The average Bonchev–Trinajstić information content (AvgIpc) is 2.98. The third-order valence-corrected chi connectivity index (χ3v) is 7.68. The Labute approximate surface area is 248 Å². The molecule has 0 bridgehead atoms. The van der Waals surface area contributed by atoms with Gasteiger partial charge in [-0.2, -0.15) is 27.1 Å². The van der Waals surface area contributed by atoms with Crippen molar-refractivity contribution in [3.05, 3.63) is 114 Å². The van der Waals surface area contributed by atoms with Crippen LogP contribution < -0.4 is 10.1 Å². The highest BCUT2D eigenvalue weighted by Gasteiger charge is 2.18. The monoisotopic (exact) mass is 619 g/mol. The molecule has 1 amide bonds. The molecule has 3 N–H and O–H groups in total. The molecule has 4 aromatic carbocycles. The van der Waals surface area contributed by atoms with E-state index in [1.807, 2.05) is 18.2 Å². The molecular formula is C30H25N3O8S2. The average molecular weight is 620 g/mol. The third-order valence-electron chi connectivity index (χ3n) is 5.86. The number of ether oxygens (including phenoxy) is 1. The molecular weight excluding hydrogens is 594 g/mol. The Balaban J connectivity index is 1.59. The molecule has 0 unspecified atom stereocenters. The van der Waals surface area contributed by atoms with Crippen LogP contribution in [0.3, 0.4) is 0 Å². The van der Waals surface area contributed by atoms with Crippen LogP contribution in [0.2, 0.25) is 0 Å². The topological polar surface area (TPSA) is 172 Å². The van der Waals surface area contributed by atoms with Gasteiger partial charge < -0.3 is 10.1 Å². The van der Waals surface area contributed by atoms with E-state index in [9.17, 15) is 30.7 Å². The number of nitrogens with zero attached hydrogens (tertiary/aromatic N) is 2. The minimum absolute atomic E-state index is 0.00937. The van der Waals surface area contributed by atoms with E-state index in [0.29, 0.717) is 11.4 Å².